The zero-order chi connectivity index (χ0) is 21.5. The molecule has 1 aromatic carbocycles. The van der Waals surface area contributed by atoms with E-state index in [1.807, 2.05) is 31.2 Å². The molecule has 3 rings (SSSR count). The van der Waals surface area contributed by atoms with Gasteiger partial charge in [-0.3, -0.25) is 10.1 Å². The first-order valence-corrected chi connectivity index (χ1v) is 11.1. The van der Waals surface area contributed by atoms with Crippen molar-refractivity contribution in [1.29, 1.82) is 0 Å². The first-order chi connectivity index (χ1) is 14.5. The zero-order valence-corrected chi connectivity index (χ0v) is 18.1. The number of nitrogens with two attached hydrogens (primary N) is 1. The number of nitrogens with one attached hydrogen (secondary N) is 2. The van der Waals surface area contributed by atoms with E-state index in [0.29, 0.717) is 17.6 Å². The van der Waals surface area contributed by atoms with E-state index in [1.54, 1.807) is 6.92 Å². The van der Waals surface area contributed by atoms with Gasteiger partial charge in [-0.2, -0.15) is 0 Å². The van der Waals surface area contributed by atoms with E-state index in [1.165, 1.54) is 11.1 Å². The van der Waals surface area contributed by atoms with Crippen molar-refractivity contribution in [3.05, 3.63) is 24.3 Å². The highest BCUT2D eigenvalue weighted by atomic mass is 32.2. The van der Waals surface area contributed by atoms with Crippen LogP contribution in [-0.4, -0.2) is 44.7 Å². The number of hydrogen-bond donors (Lipinski definition) is 3. The lowest BCUT2D eigenvalue weighted by Crippen LogP contribution is -2.47. The van der Waals surface area contributed by atoms with Crippen LogP contribution < -0.4 is 21.2 Å². The number of carbonyl (C=O) groups excluding carboxylic acids is 2. The van der Waals surface area contributed by atoms with Crippen LogP contribution in [0.1, 0.15) is 46.0 Å². The number of thioether (sulfide) groups is 1. The molecule has 0 aliphatic heterocycles. The highest BCUT2D eigenvalue weighted by molar-refractivity contribution is 8.00. The van der Waals surface area contributed by atoms with Crippen LogP contribution in [-0.2, 0) is 4.79 Å². The van der Waals surface area contributed by atoms with Crippen molar-refractivity contribution in [2.45, 2.75) is 62.4 Å². The van der Waals surface area contributed by atoms with Crippen molar-refractivity contribution in [2.75, 3.05) is 12.4 Å². The van der Waals surface area contributed by atoms with Gasteiger partial charge in [0.1, 0.15) is 5.75 Å². The average molecular weight is 433 g/mol. The van der Waals surface area contributed by atoms with E-state index in [2.05, 4.69) is 20.8 Å². The van der Waals surface area contributed by atoms with Crippen LogP contribution in [0, 0.1) is 0 Å². The van der Waals surface area contributed by atoms with Crippen molar-refractivity contribution in [2.24, 2.45) is 0 Å². The second kappa shape index (κ2) is 10.3. The molecule has 1 aromatic heterocycles. The molecular weight excluding hydrogens is 404 g/mol. The summed E-state index contributed by atoms with van der Waals surface area (Å²) in [5.74, 6) is 6.97. The van der Waals surface area contributed by atoms with Gasteiger partial charge in [-0.05, 0) is 51.0 Å². The van der Waals surface area contributed by atoms with Crippen LogP contribution in [0.4, 0.5) is 4.79 Å². The fourth-order valence-electron chi connectivity index (χ4n) is 3.31. The SMILES string of the molecule is CCOc1ccc(-c2nnc(SC(C)C(=O)NC(=O)NC3CCCCC3)n2N)cc1. The highest BCUT2D eigenvalue weighted by Crippen LogP contribution is 2.26. The molecule has 3 amide bonds. The number of urea groups is 1. The van der Waals surface area contributed by atoms with Gasteiger partial charge in [-0.25, -0.2) is 9.47 Å². The lowest BCUT2D eigenvalue weighted by molar-refractivity contribution is -0.119. The molecule has 9 nitrogen and oxygen atoms in total. The van der Waals surface area contributed by atoms with Gasteiger partial charge >= 0.3 is 6.03 Å². The lowest BCUT2D eigenvalue weighted by Gasteiger charge is -2.22. The van der Waals surface area contributed by atoms with E-state index in [-0.39, 0.29) is 6.04 Å². The van der Waals surface area contributed by atoms with Crippen molar-refractivity contribution in [3.8, 4) is 17.1 Å². The number of rotatable bonds is 7. The molecule has 1 atom stereocenters. The first kappa shape index (κ1) is 21.9. The predicted octanol–water partition coefficient (Wildman–Crippen LogP) is 2.70. The molecule has 1 saturated carbocycles. The Morgan fingerprint density at radius 2 is 1.93 bits per heavy atom. The Kier molecular flexibility index (Phi) is 7.56. The molecule has 0 spiro atoms. The molecule has 1 aliphatic carbocycles. The molecule has 162 valence electrons. The number of imide groups is 1. The smallest absolute Gasteiger partial charge is 0.321 e. The van der Waals surface area contributed by atoms with Crippen LogP contribution in [0.5, 0.6) is 5.75 Å². The molecular formula is C20H28N6O3S. The number of carbonyl (C=O) groups is 2. The van der Waals surface area contributed by atoms with Crippen molar-refractivity contribution in [3.63, 3.8) is 0 Å². The Hall–Kier alpha value is -2.75. The maximum atomic E-state index is 12.4. The zero-order valence-electron chi connectivity index (χ0n) is 17.3. The van der Waals surface area contributed by atoms with Gasteiger partial charge in [0, 0.05) is 11.6 Å². The summed E-state index contributed by atoms with van der Waals surface area (Å²) < 4.78 is 6.77. The van der Waals surface area contributed by atoms with Gasteiger partial charge in [0.05, 0.1) is 11.9 Å². The highest BCUT2D eigenvalue weighted by Gasteiger charge is 2.23. The molecule has 0 saturated heterocycles. The quantitative estimate of drug-likeness (QED) is 0.454. The predicted molar refractivity (Wildman–Crippen MR) is 116 cm³/mol. The molecule has 30 heavy (non-hydrogen) atoms. The summed E-state index contributed by atoms with van der Waals surface area (Å²) in [6, 6.07) is 7.04. The Balaban J connectivity index is 1.56. The molecule has 1 aliphatic rings. The normalized spacial score (nSPS) is 15.4. The van der Waals surface area contributed by atoms with Gasteiger partial charge in [-0.1, -0.05) is 31.0 Å². The maximum absolute atomic E-state index is 12.4. The van der Waals surface area contributed by atoms with E-state index in [4.69, 9.17) is 10.6 Å². The number of benzene rings is 1. The number of amides is 3. The molecule has 1 fully saturated rings. The van der Waals surface area contributed by atoms with E-state index >= 15 is 0 Å². The monoisotopic (exact) mass is 432 g/mol. The van der Waals surface area contributed by atoms with Gasteiger partial charge in [0.15, 0.2) is 5.82 Å². The van der Waals surface area contributed by atoms with Gasteiger partial charge in [0.25, 0.3) is 0 Å². The topological polar surface area (TPSA) is 124 Å². The van der Waals surface area contributed by atoms with Crippen molar-refractivity contribution in [1.82, 2.24) is 25.5 Å². The molecule has 1 heterocycles. The summed E-state index contributed by atoms with van der Waals surface area (Å²) >= 11 is 1.14. The summed E-state index contributed by atoms with van der Waals surface area (Å²) in [6.45, 7) is 4.20. The van der Waals surface area contributed by atoms with E-state index in [0.717, 1.165) is 48.8 Å². The van der Waals surface area contributed by atoms with Crippen LogP contribution in [0.2, 0.25) is 0 Å². The summed E-state index contributed by atoms with van der Waals surface area (Å²) in [4.78, 5) is 24.5. The Morgan fingerprint density at radius 1 is 1.23 bits per heavy atom. The lowest BCUT2D eigenvalue weighted by atomic mass is 9.96. The van der Waals surface area contributed by atoms with Crippen molar-refractivity contribution < 1.29 is 14.3 Å². The number of nitrogens with zero attached hydrogens (tertiary/aromatic N) is 3. The third-order valence-electron chi connectivity index (χ3n) is 4.92. The molecule has 2 aromatic rings. The average Bonchev–Trinajstić information content (AvgIpc) is 3.09. The third kappa shape index (κ3) is 5.65. The van der Waals surface area contributed by atoms with Crippen LogP contribution in [0.3, 0.4) is 0 Å². The largest absolute Gasteiger partial charge is 0.494 e. The van der Waals surface area contributed by atoms with Gasteiger partial charge in [-0.15, -0.1) is 10.2 Å². The second-order valence-corrected chi connectivity index (χ2v) is 8.50. The number of ether oxygens (including phenoxy) is 1. The summed E-state index contributed by atoms with van der Waals surface area (Å²) in [7, 11) is 0. The van der Waals surface area contributed by atoms with Crippen LogP contribution in [0.15, 0.2) is 29.4 Å². The van der Waals surface area contributed by atoms with Crippen molar-refractivity contribution >= 4 is 23.7 Å². The standard InChI is InChI=1S/C20H28N6O3S/c1-3-29-16-11-9-14(10-12-16)17-24-25-20(26(17)21)30-13(2)18(27)23-19(28)22-15-7-5-4-6-8-15/h9-13,15H,3-8,21H2,1-2H3,(H2,22,23,27,28). The maximum Gasteiger partial charge on any atom is 0.321 e. The second-order valence-electron chi connectivity index (χ2n) is 7.19. The summed E-state index contributed by atoms with van der Waals surface area (Å²) in [6.07, 6.45) is 5.32. The van der Waals surface area contributed by atoms with E-state index in [9.17, 15) is 9.59 Å². The minimum Gasteiger partial charge on any atom is -0.494 e. The number of aromatic nitrogens is 3. The molecule has 1 unspecified atom stereocenters. The minimum absolute atomic E-state index is 0.137. The minimum atomic E-state index is -0.568. The Labute approximate surface area is 180 Å². The van der Waals surface area contributed by atoms with Crippen LogP contribution in [0.25, 0.3) is 11.4 Å². The van der Waals surface area contributed by atoms with Crippen LogP contribution >= 0.6 is 11.8 Å². The Morgan fingerprint density at radius 3 is 2.60 bits per heavy atom. The fraction of sp³-hybridized carbons (Fsp3) is 0.500. The first-order valence-electron chi connectivity index (χ1n) is 10.2. The molecule has 10 heteroatoms. The molecule has 4 N–H and O–H groups in total. The Bertz CT molecular complexity index is 864. The van der Waals surface area contributed by atoms with Gasteiger partial charge < -0.3 is 15.9 Å². The molecule has 0 bridgehead atoms. The fourth-order valence-corrected chi connectivity index (χ4v) is 4.08. The van der Waals surface area contributed by atoms with Gasteiger partial charge in [0.2, 0.25) is 11.1 Å². The summed E-state index contributed by atoms with van der Waals surface area (Å²) in [5, 5.41) is 13.3. The number of nitrogen functional groups attached to an aromatic ring is 1. The third-order valence-corrected chi connectivity index (χ3v) is 5.97. The number of hydrogen-bond acceptors (Lipinski definition) is 7. The van der Waals surface area contributed by atoms with E-state index < -0.39 is 17.2 Å². The molecule has 0 radical (unpaired) electrons. The summed E-state index contributed by atoms with van der Waals surface area (Å²) in [5.41, 5.74) is 0.782.